The highest BCUT2D eigenvalue weighted by atomic mass is 16.1. The minimum atomic E-state index is 0.0417. The zero-order valence-corrected chi connectivity index (χ0v) is 10.2. The molecule has 5 heteroatoms. The molecule has 0 aliphatic heterocycles. The van der Waals surface area contributed by atoms with Gasteiger partial charge in [-0.15, -0.1) is 0 Å². The highest BCUT2D eigenvalue weighted by molar-refractivity contribution is 5.78. The van der Waals surface area contributed by atoms with Crippen LogP contribution in [0.1, 0.15) is 19.5 Å². The zero-order chi connectivity index (χ0) is 12.0. The first-order chi connectivity index (χ1) is 7.59. The molecule has 16 heavy (non-hydrogen) atoms. The van der Waals surface area contributed by atoms with E-state index in [1.165, 1.54) is 0 Å². The van der Waals surface area contributed by atoms with Crippen molar-refractivity contribution in [1.29, 1.82) is 0 Å². The summed E-state index contributed by atoms with van der Waals surface area (Å²) in [5.41, 5.74) is 1.16. The average molecular weight is 224 g/mol. The number of carbonyl (C=O) groups is 1. The van der Waals surface area contributed by atoms with Gasteiger partial charge in [0.05, 0.1) is 6.54 Å². The Hall–Kier alpha value is -1.36. The normalized spacial score (nSPS) is 10.8. The van der Waals surface area contributed by atoms with Crippen molar-refractivity contribution in [3.63, 3.8) is 0 Å². The molecule has 0 aliphatic rings. The Morgan fingerprint density at radius 3 is 2.88 bits per heavy atom. The van der Waals surface area contributed by atoms with Crippen LogP contribution in [-0.4, -0.2) is 34.8 Å². The number of nitrogens with zero attached hydrogens (tertiary/aromatic N) is 2. The molecule has 1 rings (SSSR count). The standard InChI is InChI=1S/C11H20N4O/c1-9(2)14-11(16)8-12-6-4-10-5-7-13-15(10)3/h5,7,9,12H,4,6,8H2,1-3H3,(H,14,16). The molecule has 0 fully saturated rings. The third-order valence-electron chi connectivity index (χ3n) is 2.22. The van der Waals surface area contributed by atoms with Gasteiger partial charge in [-0.25, -0.2) is 0 Å². The minimum Gasteiger partial charge on any atom is -0.353 e. The maximum absolute atomic E-state index is 11.3. The third-order valence-corrected chi connectivity index (χ3v) is 2.22. The van der Waals surface area contributed by atoms with Crippen molar-refractivity contribution in [3.8, 4) is 0 Å². The first-order valence-electron chi connectivity index (χ1n) is 5.56. The molecule has 1 amide bonds. The SMILES string of the molecule is CC(C)NC(=O)CNCCc1ccnn1C. The van der Waals surface area contributed by atoms with Crippen molar-refractivity contribution in [3.05, 3.63) is 18.0 Å². The number of amides is 1. The lowest BCUT2D eigenvalue weighted by Gasteiger charge is -2.09. The fourth-order valence-electron chi connectivity index (χ4n) is 1.44. The first kappa shape index (κ1) is 12.7. The van der Waals surface area contributed by atoms with E-state index in [-0.39, 0.29) is 11.9 Å². The van der Waals surface area contributed by atoms with Crippen molar-refractivity contribution < 1.29 is 4.79 Å². The van der Waals surface area contributed by atoms with Crippen LogP contribution >= 0.6 is 0 Å². The molecule has 1 aromatic heterocycles. The second-order valence-corrected chi connectivity index (χ2v) is 4.10. The number of rotatable bonds is 6. The van der Waals surface area contributed by atoms with E-state index in [9.17, 15) is 4.79 Å². The minimum absolute atomic E-state index is 0.0417. The Labute approximate surface area is 96.2 Å². The summed E-state index contributed by atoms with van der Waals surface area (Å²) in [6.07, 6.45) is 2.66. The molecule has 0 atom stereocenters. The highest BCUT2D eigenvalue weighted by Crippen LogP contribution is 1.95. The summed E-state index contributed by atoms with van der Waals surface area (Å²) < 4.78 is 1.84. The van der Waals surface area contributed by atoms with Gasteiger partial charge in [-0.05, 0) is 19.9 Å². The fourth-order valence-corrected chi connectivity index (χ4v) is 1.44. The summed E-state index contributed by atoms with van der Waals surface area (Å²) in [6, 6.07) is 2.18. The summed E-state index contributed by atoms with van der Waals surface area (Å²) in [5, 5.41) is 10.0. The molecule has 0 saturated carbocycles. The Morgan fingerprint density at radius 1 is 1.56 bits per heavy atom. The molecule has 0 unspecified atom stereocenters. The van der Waals surface area contributed by atoms with Crippen LogP contribution in [0.2, 0.25) is 0 Å². The Bertz CT molecular complexity index is 332. The van der Waals surface area contributed by atoms with Gasteiger partial charge in [0.25, 0.3) is 0 Å². The van der Waals surface area contributed by atoms with Gasteiger partial charge >= 0.3 is 0 Å². The van der Waals surface area contributed by atoms with Crippen LogP contribution in [0.5, 0.6) is 0 Å². The second-order valence-electron chi connectivity index (χ2n) is 4.10. The van der Waals surface area contributed by atoms with Gasteiger partial charge in [0.1, 0.15) is 0 Å². The van der Waals surface area contributed by atoms with Crippen LogP contribution in [0.4, 0.5) is 0 Å². The van der Waals surface area contributed by atoms with Crippen molar-refractivity contribution in [1.82, 2.24) is 20.4 Å². The Kier molecular flexibility index (Phi) is 4.98. The van der Waals surface area contributed by atoms with E-state index in [2.05, 4.69) is 15.7 Å². The first-order valence-corrected chi connectivity index (χ1v) is 5.56. The summed E-state index contributed by atoms with van der Waals surface area (Å²) in [5.74, 6) is 0.0417. The van der Waals surface area contributed by atoms with E-state index < -0.39 is 0 Å². The molecule has 0 spiro atoms. The topological polar surface area (TPSA) is 59.0 Å². The Balaban J connectivity index is 2.13. The molecule has 0 radical (unpaired) electrons. The van der Waals surface area contributed by atoms with Crippen LogP contribution < -0.4 is 10.6 Å². The molecule has 0 saturated heterocycles. The largest absolute Gasteiger partial charge is 0.353 e. The molecule has 1 heterocycles. The third kappa shape index (κ3) is 4.44. The van der Waals surface area contributed by atoms with E-state index in [0.717, 1.165) is 18.7 Å². The molecule has 0 bridgehead atoms. The number of carbonyl (C=O) groups excluding carboxylic acids is 1. The summed E-state index contributed by atoms with van der Waals surface area (Å²) in [4.78, 5) is 11.3. The fraction of sp³-hybridized carbons (Fsp3) is 0.636. The second kappa shape index (κ2) is 6.27. The maximum atomic E-state index is 11.3. The molecular formula is C11H20N4O. The molecule has 0 aromatic carbocycles. The summed E-state index contributed by atoms with van der Waals surface area (Å²) in [6.45, 7) is 5.06. The van der Waals surface area contributed by atoms with Gasteiger partial charge < -0.3 is 10.6 Å². The van der Waals surface area contributed by atoms with Gasteiger partial charge in [0, 0.05) is 37.9 Å². The lowest BCUT2D eigenvalue weighted by atomic mass is 10.3. The number of hydrogen-bond acceptors (Lipinski definition) is 3. The van der Waals surface area contributed by atoms with Gasteiger partial charge in [0.15, 0.2) is 0 Å². The van der Waals surface area contributed by atoms with Crippen LogP contribution in [0.15, 0.2) is 12.3 Å². The van der Waals surface area contributed by atoms with Crippen LogP contribution in [-0.2, 0) is 18.3 Å². The number of aryl methyl sites for hydroxylation is 1. The van der Waals surface area contributed by atoms with E-state index >= 15 is 0 Å². The van der Waals surface area contributed by atoms with E-state index in [1.54, 1.807) is 6.20 Å². The Morgan fingerprint density at radius 2 is 2.31 bits per heavy atom. The van der Waals surface area contributed by atoms with Crippen molar-refractivity contribution in [2.45, 2.75) is 26.3 Å². The quantitative estimate of drug-likeness (QED) is 0.673. The molecule has 0 aliphatic carbocycles. The molecule has 2 N–H and O–H groups in total. The van der Waals surface area contributed by atoms with E-state index in [1.807, 2.05) is 31.6 Å². The molecule has 1 aromatic rings. The van der Waals surface area contributed by atoms with E-state index in [0.29, 0.717) is 6.54 Å². The molecular weight excluding hydrogens is 204 g/mol. The van der Waals surface area contributed by atoms with E-state index in [4.69, 9.17) is 0 Å². The van der Waals surface area contributed by atoms with Gasteiger partial charge in [-0.3, -0.25) is 9.48 Å². The number of aromatic nitrogens is 2. The van der Waals surface area contributed by atoms with Crippen LogP contribution in [0.25, 0.3) is 0 Å². The van der Waals surface area contributed by atoms with Gasteiger partial charge in [-0.2, -0.15) is 5.10 Å². The van der Waals surface area contributed by atoms with Crippen molar-refractivity contribution in [2.75, 3.05) is 13.1 Å². The average Bonchev–Trinajstić information content (AvgIpc) is 2.58. The van der Waals surface area contributed by atoms with Crippen LogP contribution in [0, 0.1) is 0 Å². The smallest absolute Gasteiger partial charge is 0.234 e. The predicted molar refractivity (Wildman–Crippen MR) is 63.1 cm³/mol. The number of hydrogen-bond donors (Lipinski definition) is 2. The monoisotopic (exact) mass is 224 g/mol. The highest BCUT2D eigenvalue weighted by Gasteiger charge is 2.02. The number of nitrogens with one attached hydrogen (secondary N) is 2. The lowest BCUT2D eigenvalue weighted by molar-refractivity contribution is -0.120. The maximum Gasteiger partial charge on any atom is 0.234 e. The zero-order valence-electron chi connectivity index (χ0n) is 10.2. The summed E-state index contributed by atoms with van der Waals surface area (Å²) in [7, 11) is 1.92. The van der Waals surface area contributed by atoms with Crippen LogP contribution in [0.3, 0.4) is 0 Å². The lowest BCUT2D eigenvalue weighted by Crippen LogP contribution is -2.38. The molecule has 5 nitrogen and oxygen atoms in total. The van der Waals surface area contributed by atoms with Gasteiger partial charge in [0.2, 0.25) is 5.91 Å². The van der Waals surface area contributed by atoms with Gasteiger partial charge in [-0.1, -0.05) is 0 Å². The van der Waals surface area contributed by atoms with Crippen molar-refractivity contribution >= 4 is 5.91 Å². The summed E-state index contributed by atoms with van der Waals surface area (Å²) >= 11 is 0. The predicted octanol–water partition coefficient (Wildman–Crippen LogP) is 0.0768. The van der Waals surface area contributed by atoms with Crippen molar-refractivity contribution in [2.24, 2.45) is 7.05 Å². The molecule has 90 valence electrons.